The van der Waals surface area contributed by atoms with E-state index in [0.717, 1.165) is 6.54 Å². The Hall–Kier alpha value is -0.0800. The van der Waals surface area contributed by atoms with Gasteiger partial charge in [0.05, 0.1) is 6.10 Å². The molecular formula is C12H27NO. The standard InChI is InChI=1S/C12H27NO/c1-5-6-7-8-11(4)13-9-12(14)10(2)3/h10-14H,5-9H2,1-4H3. The summed E-state index contributed by atoms with van der Waals surface area (Å²) in [6, 6.07) is 0.537. The molecule has 0 aromatic heterocycles. The van der Waals surface area contributed by atoms with E-state index in [4.69, 9.17) is 0 Å². The molecule has 0 saturated carbocycles. The molecule has 14 heavy (non-hydrogen) atoms. The second kappa shape index (κ2) is 8.25. The fourth-order valence-corrected chi connectivity index (χ4v) is 1.36. The van der Waals surface area contributed by atoms with Crippen LogP contribution in [-0.4, -0.2) is 23.8 Å². The van der Waals surface area contributed by atoms with Gasteiger partial charge in [-0.3, -0.25) is 0 Å². The third-order valence-electron chi connectivity index (χ3n) is 2.69. The van der Waals surface area contributed by atoms with Gasteiger partial charge in [-0.1, -0.05) is 40.0 Å². The minimum Gasteiger partial charge on any atom is -0.392 e. The van der Waals surface area contributed by atoms with Gasteiger partial charge in [-0.25, -0.2) is 0 Å². The van der Waals surface area contributed by atoms with E-state index in [-0.39, 0.29) is 6.10 Å². The molecule has 0 aliphatic carbocycles. The Kier molecular flexibility index (Phi) is 8.20. The molecule has 0 amide bonds. The molecule has 2 atom stereocenters. The van der Waals surface area contributed by atoms with Crippen molar-refractivity contribution in [2.24, 2.45) is 5.92 Å². The van der Waals surface area contributed by atoms with Crippen LogP contribution >= 0.6 is 0 Å². The van der Waals surface area contributed by atoms with Crippen LogP contribution in [0.4, 0.5) is 0 Å². The minimum atomic E-state index is -0.205. The smallest absolute Gasteiger partial charge is 0.0687 e. The Morgan fingerprint density at radius 1 is 1.14 bits per heavy atom. The largest absolute Gasteiger partial charge is 0.392 e. The average Bonchev–Trinajstić information content (AvgIpc) is 2.14. The number of aliphatic hydroxyl groups is 1. The van der Waals surface area contributed by atoms with Gasteiger partial charge in [-0.05, 0) is 19.3 Å². The maximum atomic E-state index is 9.58. The Bertz CT molecular complexity index is 125. The summed E-state index contributed by atoms with van der Waals surface area (Å²) >= 11 is 0. The highest BCUT2D eigenvalue weighted by molar-refractivity contribution is 4.67. The fraction of sp³-hybridized carbons (Fsp3) is 1.00. The highest BCUT2D eigenvalue weighted by Gasteiger charge is 2.09. The molecule has 0 rings (SSSR count). The highest BCUT2D eigenvalue weighted by atomic mass is 16.3. The van der Waals surface area contributed by atoms with Crippen LogP contribution < -0.4 is 5.32 Å². The topological polar surface area (TPSA) is 32.3 Å². The third-order valence-corrected chi connectivity index (χ3v) is 2.69. The highest BCUT2D eigenvalue weighted by Crippen LogP contribution is 2.04. The predicted octanol–water partition coefficient (Wildman–Crippen LogP) is 2.56. The van der Waals surface area contributed by atoms with Crippen molar-refractivity contribution < 1.29 is 5.11 Å². The Labute approximate surface area is 89.1 Å². The second-order valence-corrected chi connectivity index (χ2v) is 4.62. The molecular weight excluding hydrogens is 174 g/mol. The van der Waals surface area contributed by atoms with Crippen molar-refractivity contribution in [3.05, 3.63) is 0 Å². The first-order chi connectivity index (χ1) is 6.57. The van der Waals surface area contributed by atoms with E-state index in [9.17, 15) is 5.11 Å². The lowest BCUT2D eigenvalue weighted by atomic mass is 10.1. The summed E-state index contributed by atoms with van der Waals surface area (Å²) in [6.07, 6.45) is 4.91. The molecule has 0 aromatic carbocycles. The molecule has 2 heteroatoms. The summed E-state index contributed by atoms with van der Waals surface area (Å²) < 4.78 is 0. The van der Waals surface area contributed by atoms with Gasteiger partial charge in [0, 0.05) is 12.6 Å². The van der Waals surface area contributed by atoms with Crippen molar-refractivity contribution in [1.82, 2.24) is 5.32 Å². The van der Waals surface area contributed by atoms with Crippen LogP contribution in [0.5, 0.6) is 0 Å². The van der Waals surface area contributed by atoms with E-state index in [1.54, 1.807) is 0 Å². The van der Waals surface area contributed by atoms with Crippen LogP contribution in [0, 0.1) is 5.92 Å². The number of aliphatic hydroxyl groups excluding tert-OH is 1. The minimum absolute atomic E-state index is 0.205. The third kappa shape index (κ3) is 7.34. The van der Waals surface area contributed by atoms with E-state index in [1.165, 1.54) is 25.7 Å². The van der Waals surface area contributed by atoms with E-state index >= 15 is 0 Å². The van der Waals surface area contributed by atoms with Crippen molar-refractivity contribution >= 4 is 0 Å². The van der Waals surface area contributed by atoms with E-state index in [0.29, 0.717) is 12.0 Å². The number of hydrogen-bond acceptors (Lipinski definition) is 2. The van der Waals surface area contributed by atoms with Crippen LogP contribution in [0.3, 0.4) is 0 Å². The van der Waals surface area contributed by atoms with Gasteiger partial charge >= 0.3 is 0 Å². The molecule has 0 radical (unpaired) electrons. The number of unbranched alkanes of at least 4 members (excludes halogenated alkanes) is 2. The van der Waals surface area contributed by atoms with Gasteiger partial charge in [-0.15, -0.1) is 0 Å². The van der Waals surface area contributed by atoms with E-state index in [1.807, 2.05) is 13.8 Å². The first-order valence-electron chi connectivity index (χ1n) is 5.99. The summed E-state index contributed by atoms with van der Waals surface area (Å²) in [7, 11) is 0. The molecule has 0 aromatic rings. The second-order valence-electron chi connectivity index (χ2n) is 4.62. The molecule has 2 unspecified atom stereocenters. The van der Waals surface area contributed by atoms with Crippen LogP contribution in [0.25, 0.3) is 0 Å². The molecule has 0 bridgehead atoms. The molecule has 0 aliphatic rings. The van der Waals surface area contributed by atoms with Crippen molar-refractivity contribution in [2.75, 3.05) is 6.54 Å². The molecule has 86 valence electrons. The Morgan fingerprint density at radius 2 is 1.79 bits per heavy atom. The summed E-state index contributed by atoms with van der Waals surface area (Å²) in [4.78, 5) is 0. The zero-order chi connectivity index (χ0) is 11.0. The summed E-state index contributed by atoms with van der Waals surface area (Å²) in [5.41, 5.74) is 0. The van der Waals surface area contributed by atoms with Gasteiger partial charge in [-0.2, -0.15) is 0 Å². The fourth-order valence-electron chi connectivity index (χ4n) is 1.36. The van der Waals surface area contributed by atoms with Crippen LogP contribution in [-0.2, 0) is 0 Å². The molecule has 0 saturated heterocycles. The van der Waals surface area contributed by atoms with Crippen molar-refractivity contribution in [3.63, 3.8) is 0 Å². The zero-order valence-corrected chi connectivity index (χ0v) is 10.2. The summed E-state index contributed by atoms with van der Waals surface area (Å²) in [6.45, 7) is 9.25. The molecule has 0 fully saturated rings. The lowest BCUT2D eigenvalue weighted by Crippen LogP contribution is -2.36. The molecule has 0 aliphatic heterocycles. The van der Waals surface area contributed by atoms with Gasteiger partial charge in [0.25, 0.3) is 0 Å². The van der Waals surface area contributed by atoms with Crippen LogP contribution in [0.2, 0.25) is 0 Å². The molecule has 0 heterocycles. The maximum absolute atomic E-state index is 9.58. The molecule has 2 nitrogen and oxygen atoms in total. The Morgan fingerprint density at radius 3 is 2.29 bits per heavy atom. The number of rotatable bonds is 8. The molecule has 2 N–H and O–H groups in total. The maximum Gasteiger partial charge on any atom is 0.0687 e. The zero-order valence-electron chi connectivity index (χ0n) is 10.2. The molecule has 0 spiro atoms. The average molecular weight is 201 g/mol. The van der Waals surface area contributed by atoms with Gasteiger partial charge in [0.15, 0.2) is 0 Å². The SMILES string of the molecule is CCCCCC(C)NCC(O)C(C)C. The normalized spacial score (nSPS) is 15.9. The monoisotopic (exact) mass is 201 g/mol. The van der Waals surface area contributed by atoms with E-state index in [2.05, 4.69) is 19.2 Å². The van der Waals surface area contributed by atoms with Gasteiger partial charge in [0.1, 0.15) is 0 Å². The Balaban J connectivity index is 3.38. The van der Waals surface area contributed by atoms with Crippen LogP contribution in [0.1, 0.15) is 53.4 Å². The van der Waals surface area contributed by atoms with Crippen molar-refractivity contribution in [2.45, 2.75) is 65.5 Å². The first-order valence-corrected chi connectivity index (χ1v) is 5.99. The van der Waals surface area contributed by atoms with Gasteiger partial charge in [0.2, 0.25) is 0 Å². The quantitative estimate of drug-likeness (QED) is 0.592. The lowest BCUT2D eigenvalue weighted by Gasteiger charge is -2.19. The number of nitrogens with one attached hydrogen (secondary N) is 1. The summed E-state index contributed by atoms with van der Waals surface area (Å²) in [5.74, 6) is 0.352. The van der Waals surface area contributed by atoms with Crippen LogP contribution in [0.15, 0.2) is 0 Å². The number of hydrogen-bond donors (Lipinski definition) is 2. The predicted molar refractivity (Wildman–Crippen MR) is 62.5 cm³/mol. The van der Waals surface area contributed by atoms with E-state index < -0.39 is 0 Å². The van der Waals surface area contributed by atoms with Gasteiger partial charge < -0.3 is 10.4 Å². The van der Waals surface area contributed by atoms with Crippen molar-refractivity contribution in [1.29, 1.82) is 0 Å². The van der Waals surface area contributed by atoms with Crippen molar-refractivity contribution in [3.8, 4) is 0 Å². The summed E-state index contributed by atoms with van der Waals surface area (Å²) in [5, 5.41) is 13.0. The lowest BCUT2D eigenvalue weighted by molar-refractivity contribution is 0.120. The first kappa shape index (κ1) is 13.9.